The third-order valence-corrected chi connectivity index (χ3v) is 4.19. The molecular formula is C16H21N3O3. The molecule has 6 nitrogen and oxygen atoms in total. The van der Waals surface area contributed by atoms with Crippen LogP contribution in [0.15, 0.2) is 24.5 Å². The van der Waals surface area contributed by atoms with Gasteiger partial charge in [0.15, 0.2) is 0 Å². The Morgan fingerprint density at radius 1 is 1.36 bits per heavy atom. The van der Waals surface area contributed by atoms with Crippen LogP contribution in [0.4, 0.5) is 0 Å². The minimum absolute atomic E-state index is 0.0493. The van der Waals surface area contributed by atoms with E-state index in [9.17, 15) is 9.59 Å². The van der Waals surface area contributed by atoms with Crippen molar-refractivity contribution in [1.29, 1.82) is 0 Å². The van der Waals surface area contributed by atoms with Crippen molar-refractivity contribution in [1.82, 2.24) is 14.8 Å². The highest BCUT2D eigenvalue weighted by molar-refractivity contribution is 5.89. The van der Waals surface area contributed by atoms with E-state index in [4.69, 9.17) is 4.74 Å². The Kier molecular flexibility index (Phi) is 4.68. The largest absolute Gasteiger partial charge is 0.380 e. The normalized spacial score (nSPS) is 22.7. The van der Waals surface area contributed by atoms with Crippen molar-refractivity contribution in [2.45, 2.75) is 19.4 Å². The van der Waals surface area contributed by atoms with E-state index in [2.05, 4.69) is 4.98 Å². The third-order valence-electron chi connectivity index (χ3n) is 4.19. The Hall–Kier alpha value is -1.95. The predicted molar refractivity (Wildman–Crippen MR) is 79.8 cm³/mol. The number of aromatic nitrogens is 1. The quantitative estimate of drug-likeness (QED) is 0.824. The third kappa shape index (κ3) is 3.44. The van der Waals surface area contributed by atoms with E-state index in [0.717, 1.165) is 18.5 Å². The van der Waals surface area contributed by atoms with Crippen LogP contribution in [-0.2, 0) is 20.9 Å². The van der Waals surface area contributed by atoms with Crippen molar-refractivity contribution in [3.8, 4) is 0 Å². The lowest BCUT2D eigenvalue weighted by Gasteiger charge is -2.23. The molecule has 0 radical (unpaired) electrons. The van der Waals surface area contributed by atoms with Gasteiger partial charge in [0.25, 0.3) is 0 Å². The highest BCUT2D eigenvalue weighted by Gasteiger charge is 2.36. The maximum Gasteiger partial charge on any atom is 0.228 e. The average Bonchev–Trinajstić information content (AvgIpc) is 2.76. The standard InChI is InChI=1S/C16H21N3O3/c20-15-9-14(16(21)18-5-2-7-22-8-6-18)12-19(15)11-13-3-1-4-17-10-13/h1,3-4,10,14H,2,5-9,11-12H2/t14-/m1/s1. The molecule has 0 aromatic carbocycles. The van der Waals surface area contributed by atoms with Crippen LogP contribution in [0.3, 0.4) is 0 Å². The Morgan fingerprint density at radius 3 is 3.09 bits per heavy atom. The van der Waals surface area contributed by atoms with Gasteiger partial charge in [-0.3, -0.25) is 14.6 Å². The molecule has 3 heterocycles. The maximum atomic E-state index is 12.6. The Morgan fingerprint density at radius 2 is 2.27 bits per heavy atom. The highest BCUT2D eigenvalue weighted by Crippen LogP contribution is 2.22. The van der Waals surface area contributed by atoms with Crippen LogP contribution in [0.1, 0.15) is 18.4 Å². The van der Waals surface area contributed by atoms with Gasteiger partial charge in [-0.25, -0.2) is 0 Å². The van der Waals surface area contributed by atoms with Crippen LogP contribution in [0.2, 0.25) is 0 Å². The molecule has 0 bridgehead atoms. The average molecular weight is 303 g/mol. The lowest BCUT2D eigenvalue weighted by molar-refractivity contribution is -0.135. The second kappa shape index (κ2) is 6.87. The summed E-state index contributed by atoms with van der Waals surface area (Å²) in [5.74, 6) is -0.0805. The molecule has 22 heavy (non-hydrogen) atoms. The summed E-state index contributed by atoms with van der Waals surface area (Å²) in [7, 11) is 0. The lowest BCUT2D eigenvalue weighted by Crippen LogP contribution is -2.38. The Balaban J connectivity index is 1.60. The molecule has 0 spiro atoms. The smallest absolute Gasteiger partial charge is 0.228 e. The molecule has 2 aliphatic rings. The summed E-state index contributed by atoms with van der Waals surface area (Å²) in [6.07, 6.45) is 4.65. The second-order valence-electron chi connectivity index (χ2n) is 5.83. The van der Waals surface area contributed by atoms with Gasteiger partial charge in [-0.1, -0.05) is 6.07 Å². The molecule has 0 aliphatic carbocycles. The van der Waals surface area contributed by atoms with Gasteiger partial charge >= 0.3 is 0 Å². The fourth-order valence-corrected chi connectivity index (χ4v) is 3.03. The summed E-state index contributed by atoms with van der Waals surface area (Å²) in [5.41, 5.74) is 0.993. The SMILES string of the molecule is O=C1C[C@@H](C(=O)N2CCCOCC2)CN1Cc1cccnc1. The fraction of sp³-hybridized carbons (Fsp3) is 0.562. The van der Waals surface area contributed by atoms with Crippen LogP contribution in [-0.4, -0.2) is 59.4 Å². The molecule has 6 heteroatoms. The molecule has 1 aromatic rings. The number of hydrogen-bond acceptors (Lipinski definition) is 4. The van der Waals surface area contributed by atoms with E-state index >= 15 is 0 Å². The lowest BCUT2D eigenvalue weighted by atomic mass is 10.1. The zero-order valence-corrected chi connectivity index (χ0v) is 12.6. The first-order chi connectivity index (χ1) is 10.7. The van der Waals surface area contributed by atoms with E-state index in [1.165, 1.54) is 0 Å². The number of amides is 2. The molecule has 1 atom stereocenters. The number of carbonyl (C=O) groups excluding carboxylic acids is 2. The van der Waals surface area contributed by atoms with Crippen molar-refractivity contribution < 1.29 is 14.3 Å². The minimum Gasteiger partial charge on any atom is -0.380 e. The van der Waals surface area contributed by atoms with E-state index in [-0.39, 0.29) is 17.7 Å². The summed E-state index contributed by atoms with van der Waals surface area (Å²) in [5, 5.41) is 0. The molecule has 0 saturated carbocycles. The van der Waals surface area contributed by atoms with Crippen LogP contribution in [0, 0.1) is 5.92 Å². The minimum atomic E-state index is -0.220. The van der Waals surface area contributed by atoms with E-state index in [1.807, 2.05) is 17.0 Å². The predicted octanol–water partition coefficient (Wildman–Crippen LogP) is 0.679. The number of likely N-dealkylation sites (tertiary alicyclic amines) is 1. The van der Waals surface area contributed by atoms with Crippen LogP contribution in [0.5, 0.6) is 0 Å². The summed E-state index contributed by atoms with van der Waals surface area (Å²) in [6.45, 7) is 3.69. The molecular weight excluding hydrogens is 282 g/mol. The molecule has 2 amide bonds. The number of hydrogen-bond donors (Lipinski definition) is 0. The Labute approximate surface area is 130 Å². The number of carbonyl (C=O) groups is 2. The summed E-state index contributed by atoms with van der Waals surface area (Å²) in [6, 6.07) is 3.80. The van der Waals surface area contributed by atoms with Crippen molar-refractivity contribution in [2.24, 2.45) is 5.92 Å². The first-order valence-electron chi connectivity index (χ1n) is 7.77. The van der Waals surface area contributed by atoms with Crippen LogP contribution < -0.4 is 0 Å². The summed E-state index contributed by atoms with van der Waals surface area (Å²) in [4.78, 5) is 32.4. The fourth-order valence-electron chi connectivity index (χ4n) is 3.03. The molecule has 2 fully saturated rings. The van der Waals surface area contributed by atoms with Gasteiger partial charge in [0.1, 0.15) is 0 Å². The Bertz CT molecular complexity index is 527. The summed E-state index contributed by atoms with van der Waals surface area (Å²) < 4.78 is 5.38. The number of pyridine rings is 1. The molecule has 0 unspecified atom stereocenters. The van der Waals surface area contributed by atoms with Gasteiger partial charge in [0.2, 0.25) is 11.8 Å². The van der Waals surface area contributed by atoms with E-state index < -0.39 is 0 Å². The van der Waals surface area contributed by atoms with Gasteiger partial charge < -0.3 is 14.5 Å². The number of ether oxygens (including phenoxy) is 1. The van der Waals surface area contributed by atoms with Gasteiger partial charge in [-0.2, -0.15) is 0 Å². The van der Waals surface area contributed by atoms with Crippen molar-refractivity contribution in [2.75, 3.05) is 32.8 Å². The first-order valence-corrected chi connectivity index (χ1v) is 7.77. The molecule has 3 rings (SSSR count). The molecule has 2 saturated heterocycles. The topological polar surface area (TPSA) is 62.7 Å². The first kappa shape index (κ1) is 15.0. The molecule has 118 valence electrons. The monoisotopic (exact) mass is 303 g/mol. The highest BCUT2D eigenvalue weighted by atomic mass is 16.5. The zero-order chi connectivity index (χ0) is 15.4. The van der Waals surface area contributed by atoms with E-state index in [1.54, 1.807) is 17.3 Å². The van der Waals surface area contributed by atoms with Gasteiger partial charge in [-0.05, 0) is 18.1 Å². The molecule has 2 aliphatic heterocycles. The van der Waals surface area contributed by atoms with Crippen molar-refractivity contribution in [3.63, 3.8) is 0 Å². The second-order valence-corrected chi connectivity index (χ2v) is 5.83. The molecule has 1 aromatic heterocycles. The zero-order valence-electron chi connectivity index (χ0n) is 12.6. The van der Waals surface area contributed by atoms with Gasteiger partial charge in [0, 0.05) is 51.6 Å². The van der Waals surface area contributed by atoms with Crippen LogP contribution >= 0.6 is 0 Å². The number of nitrogens with zero attached hydrogens (tertiary/aromatic N) is 3. The van der Waals surface area contributed by atoms with Gasteiger partial charge in [0.05, 0.1) is 12.5 Å². The van der Waals surface area contributed by atoms with Gasteiger partial charge in [-0.15, -0.1) is 0 Å². The van der Waals surface area contributed by atoms with Crippen molar-refractivity contribution in [3.05, 3.63) is 30.1 Å². The summed E-state index contributed by atoms with van der Waals surface area (Å²) >= 11 is 0. The van der Waals surface area contributed by atoms with E-state index in [0.29, 0.717) is 39.3 Å². The number of rotatable bonds is 3. The van der Waals surface area contributed by atoms with Crippen molar-refractivity contribution >= 4 is 11.8 Å². The van der Waals surface area contributed by atoms with Crippen LogP contribution in [0.25, 0.3) is 0 Å². The molecule has 0 N–H and O–H groups in total. The maximum absolute atomic E-state index is 12.6.